The SMILES string of the molecule is CC.CCC1CC(C)CC(Nc2cccc(C(=O)O)c2)C1. The molecule has 1 aliphatic carbocycles. The van der Waals surface area contributed by atoms with E-state index in [9.17, 15) is 4.79 Å². The summed E-state index contributed by atoms with van der Waals surface area (Å²) in [5.41, 5.74) is 1.27. The van der Waals surface area contributed by atoms with Gasteiger partial charge in [-0.3, -0.25) is 0 Å². The van der Waals surface area contributed by atoms with E-state index in [-0.39, 0.29) is 0 Å². The number of anilines is 1. The Hall–Kier alpha value is -1.51. The van der Waals surface area contributed by atoms with Gasteiger partial charge in [0.25, 0.3) is 0 Å². The van der Waals surface area contributed by atoms with Gasteiger partial charge >= 0.3 is 5.97 Å². The Morgan fingerprint density at radius 3 is 2.62 bits per heavy atom. The molecule has 1 saturated carbocycles. The third-order valence-corrected chi connectivity index (χ3v) is 4.10. The first-order chi connectivity index (χ1) is 10.1. The molecule has 21 heavy (non-hydrogen) atoms. The maximum atomic E-state index is 11.0. The van der Waals surface area contributed by atoms with E-state index in [0.717, 1.165) is 17.5 Å². The average Bonchev–Trinajstić information content (AvgIpc) is 2.49. The van der Waals surface area contributed by atoms with E-state index >= 15 is 0 Å². The van der Waals surface area contributed by atoms with Crippen molar-refractivity contribution in [2.45, 2.75) is 59.4 Å². The molecule has 3 unspecified atom stereocenters. The number of hydrogen-bond donors (Lipinski definition) is 2. The lowest BCUT2D eigenvalue weighted by Gasteiger charge is -2.34. The molecule has 0 radical (unpaired) electrons. The van der Waals surface area contributed by atoms with Crippen molar-refractivity contribution >= 4 is 11.7 Å². The van der Waals surface area contributed by atoms with E-state index in [0.29, 0.717) is 11.6 Å². The van der Waals surface area contributed by atoms with Crippen LogP contribution in [0.25, 0.3) is 0 Å². The maximum Gasteiger partial charge on any atom is 0.335 e. The second-order valence-electron chi connectivity index (χ2n) is 5.81. The van der Waals surface area contributed by atoms with Gasteiger partial charge in [-0.15, -0.1) is 0 Å². The van der Waals surface area contributed by atoms with Gasteiger partial charge in [0.2, 0.25) is 0 Å². The lowest BCUT2D eigenvalue weighted by atomic mass is 9.78. The number of carbonyl (C=O) groups is 1. The molecule has 3 heteroatoms. The third kappa shape index (κ3) is 5.41. The van der Waals surface area contributed by atoms with Gasteiger partial charge in [-0.2, -0.15) is 0 Å². The van der Waals surface area contributed by atoms with E-state index in [4.69, 9.17) is 5.11 Å². The summed E-state index contributed by atoms with van der Waals surface area (Å²) < 4.78 is 0. The molecule has 3 atom stereocenters. The van der Waals surface area contributed by atoms with E-state index in [1.807, 2.05) is 19.9 Å². The molecule has 1 aromatic rings. The molecule has 118 valence electrons. The molecule has 0 aromatic heterocycles. The van der Waals surface area contributed by atoms with Crippen LogP contribution in [-0.4, -0.2) is 17.1 Å². The van der Waals surface area contributed by atoms with Crippen LogP contribution in [0.15, 0.2) is 24.3 Å². The van der Waals surface area contributed by atoms with Crippen LogP contribution in [0.4, 0.5) is 5.69 Å². The summed E-state index contributed by atoms with van der Waals surface area (Å²) in [6.45, 7) is 8.56. The first-order valence-electron chi connectivity index (χ1n) is 8.18. The number of benzene rings is 1. The Morgan fingerprint density at radius 1 is 1.29 bits per heavy atom. The number of hydrogen-bond acceptors (Lipinski definition) is 2. The molecular weight excluding hydrogens is 262 g/mol. The molecule has 0 aliphatic heterocycles. The van der Waals surface area contributed by atoms with Crippen molar-refractivity contribution in [3.8, 4) is 0 Å². The van der Waals surface area contributed by atoms with E-state index in [1.54, 1.807) is 18.2 Å². The molecule has 0 heterocycles. The number of nitrogens with one attached hydrogen (secondary N) is 1. The van der Waals surface area contributed by atoms with Crippen LogP contribution in [0, 0.1) is 11.8 Å². The van der Waals surface area contributed by atoms with Crippen molar-refractivity contribution < 1.29 is 9.90 Å². The summed E-state index contributed by atoms with van der Waals surface area (Å²) in [5.74, 6) is 0.676. The normalized spacial score (nSPS) is 24.7. The Bertz CT molecular complexity index is 445. The number of carboxylic acid groups (broad SMARTS) is 1. The summed E-state index contributed by atoms with van der Waals surface area (Å²) in [4.78, 5) is 11.0. The fourth-order valence-electron chi connectivity index (χ4n) is 3.17. The summed E-state index contributed by atoms with van der Waals surface area (Å²) in [7, 11) is 0. The monoisotopic (exact) mass is 291 g/mol. The van der Waals surface area contributed by atoms with Gasteiger partial charge < -0.3 is 10.4 Å². The molecule has 1 fully saturated rings. The van der Waals surface area contributed by atoms with Crippen LogP contribution >= 0.6 is 0 Å². The molecule has 0 saturated heterocycles. The third-order valence-electron chi connectivity index (χ3n) is 4.10. The van der Waals surface area contributed by atoms with Crippen LogP contribution in [-0.2, 0) is 0 Å². The minimum absolute atomic E-state index is 0.348. The standard InChI is InChI=1S/C16H23NO2.C2H6/c1-3-12-7-11(2)8-15(9-12)17-14-6-4-5-13(10-14)16(18)19;1-2/h4-6,10-12,15,17H,3,7-9H2,1-2H3,(H,18,19);1-2H3. The highest BCUT2D eigenvalue weighted by Gasteiger charge is 2.25. The topological polar surface area (TPSA) is 49.3 Å². The molecule has 0 amide bonds. The molecule has 3 nitrogen and oxygen atoms in total. The Morgan fingerprint density at radius 2 is 2.00 bits per heavy atom. The molecule has 2 N–H and O–H groups in total. The summed E-state index contributed by atoms with van der Waals surface area (Å²) >= 11 is 0. The first-order valence-corrected chi connectivity index (χ1v) is 8.18. The van der Waals surface area contributed by atoms with Crippen LogP contribution in [0.1, 0.15) is 63.7 Å². The quantitative estimate of drug-likeness (QED) is 0.817. The summed E-state index contributed by atoms with van der Waals surface area (Å²) in [6, 6.07) is 7.58. The van der Waals surface area contributed by atoms with E-state index in [1.165, 1.54) is 25.7 Å². The smallest absolute Gasteiger partial charge is 0.335 e. The van der Waals surface area contributed by atoms with Gasteiger partial charge in [-0.1, -0.05) is 40.2 Å². The lowest BCUT2D eigenvalue weighted by molar-refractivity contribution is 0.0697. The highest BCUT2D eigenvalue weighted by Crippen LogP contribution is 2.32. The zero-order valence-corrected chi connectivity index (χ0v) is 13.7. The Labute approximate surface area is 128 Å². The molecule has 1 aromatic carbocycles. The van der Waals surface area contributed by atoms with Crippen LogP contribution < -0.4 is 5.32 Å². The second-order valence-corrected chi connectivity index (χ2v) is 5.81. The second kappa shape index (κ2) is 8.71. The fraction of sp³-hybridized carbons (Fsp3) is 0.611. The van der Waals surface area contributed by atoms with Crippen LogP contribution in [0.5, 0.6) is 0 Å². The Balaban J connectivity index is 0.00000106. The highest BCUT2D eigenvalue weighted by molar-refractivity contribution is 5.88. The van der Waals surface area contributed by atoms with Crippen molar-refractivity contribution in [1.29, 1.82) is 0 Å². The lowest BCUT2D eigenvalue weighted by Crippen LogP contribution is -2.31. The Kier molecular flexibility index (Phi) is 7.27. The minimum atomic E-state index is -0.868. The first kappa shape index (κ1) is 17.5. The predicted octanol–water partition coefficient (Wildman–Crippen LogP) is 5.04. The number of aromatic carboxylic acids is 1. The van der Waals surface area contributed by atoms with Crippen molar-refractivity contribution in [1.82, 2.24) is 0 Å². The maximum absolute atomic E-state index is 11.0. The van der Waals surface area contributed by atoms with Gasteiger partial charge in [-0.25, -0.2) is 4.79 Å². The van der Waals surface area contributed by atoms with Crippen molar-refractivity contribution in [2.24, 2.45) is 11.8 Å². The molecule has 1 aliphatic rings. The van der Waals surface area contributed by atoms with Crippen molar-refractivity contribution in [2.75, 3.05) is 5.32 Å². The highest BCUT2D eigenvalue weighted by atomic mass is 16.4. The molecular formula is C18H29NO2. The van der Waals surface area contributed by atoms with Crippen LogP contribution in [0.2, 0.25) is 0 Å². The molecule has 0 spiro atoms. The predicted molar refractivity (Wildman–Crippen MR) is 89.0 cm³/mol. The largest absolute Gasteiger partial charge is 0.478 e. The average molecular weight is 291 g/mol. The van der Waals surface area contributed by atoms with E-state index < -0.39 is 5.97 Å². The number of rotatable bonds is 4. The fourth-order valence-corrected chi connectivity index (χ4v) is 3.17. The minimum Gasteiger partial charge on any atom is -0.478 e. The van der Waals surface area contributed by atoms with Gasteiger partial charge in [-0.05, 0) is 49.3 Å². The van der Waals surface area contributed by atoms with Crippen LogP contribution in [0.3, 0.4) is 0 Å². The van der Waals surface area contributed by atoms with Gasteiger partial charge in [0.05, 0.1) is 5.56 Å². The van der Waals surface area contributed by atoms with Gasteiger partial charge in [0, 0.05) is 11.7 Å². The summed E-state index contributed by atoms with van der Waals surface area (Å²) in [6.07, 6.45) is 4.92. The zero-order valence-electron chi connectivity index (χ0n) is 13.7. The van der Waals surface area contributed by atoms with Gasteiger partial charge in [0.1, 0.15) is 0 Å². The molecule has 2 rings (SSSR count). The van der Waals surface area contributed by atoms with E-state index in [2.05, 4.69) is 19.2 Å². The summed E-state index contributed by atoms with van der Waals surface area (Å²) in [5, 5.41) is 12.5. The van der Waals surface area contributed by atoms with Gasteiger partial charge in [0.15, 0.2) is 0 Å². The number of carboxylic acids is 1. The molecule has 0 bridgehead atoms. The van der Waals surface area contributed by atoms with Crippen molar-refractivity contribution in [3.05, 3.63) is 29.8 Å². The van der Waals surface area contributed by atoms with Crippen molar-refractivity contribution in [3.63, 3.8) is 0 Å². The zero-order chi connectivity index (χ0) is 15.8.